The number of para-hydroxylation sites is 1. The van der Waals surface area contributed by atoms with Gasteiger partial charge < -0.3 is 10.1 Å². The summed E-state index contributed by atoms with van der Waals surface area (Å²) in [6.07, 6.45) is 2.14. The molecule has 150 valence electrons. The van der Waals surface area contributed by atoms with Crippen LogP contribution in [0.2, 0.25) is 5.02 Å². The summed E-state index contributed by atoms with van der Waals surface area (Å²) < 4.78 is 5.35. The Bertz CT molecular complexity index is 1150. The van der Waals surface area contributed by atoms with Gasteiger partial charge in [0.05, 0.1) is 7.11 Å². The number of carbonyl (C=O) groups excluding carboxylic acids is 1. The zero-order chi connectivity index (χ0) is 21.5. The Morgan fingerprint density at radius 1 is 1.10 bits per heavy atom. The van der Waals surface area contributed by atoms with Crippen LogP contribution < -0.4 is 10.1 Å². The molecule has 0 bridgehead atoms. The van der Waals surface area contributed by atoms with E-state index in [1.807, 2.05) is 67.6 Å². The van der Waals surface area contributed by atoms with E-state index in [1.54, 1.807) is 25.3 Å². The highest BCUT2D eigenvalue weighted by Gasteiger charge is 2.13. The molecule has 0 aliphatic carbocycles. The predicted octanol–water partition coefficient (Wildman–Crippen LogP) is 5.79. The van der Waals surface area contributed by atoms with Crippen LogP contribution in [0.1, 0.15) is 22.3 Å². The Kier molecular flexibility index (Phi) is 6.90. The molecular formula is C25H21ClN2O2. The number of nitrogens with zero attached hydrogens (tertiary/aromatic N) is 1. The molecule has 4 nitrogen and oxygen atoms in total. The number of nitrogens with one attached hydrogen (secondary N) is 1. The van der Waals surface area contributed by atoms with Gasteiger partial charge in [-0.1, -0.05) is 54.1 Å². The standard InChI is InChI=1S/C25H21ClN2O2/c1-17-7-3-6-10-24(17)28-25(29)21(16-27)13-18-11-12-22(30-2)15-20(18)14-19-8-4-5-9-23(19)26/h3-13,15H,14H2,1-2H3,(H,28,29)/b21-13+. The van der Waals surface area contributed by atoms with Gasteiger partial charge in [-0.2, -0.15) is 5.26 Å². The number of ether oxygens (including phenoxy) is 1. The third-order valence-corrected chi connectivity index (χ3v) is 5.12. The third-order valence-electron chi connectivity index (χ3n) is 4.75. The number of rotatable bonds is 6. The predicted molar refractivity (Wildman–Crippen MR) is 121 cm³/mol. The second kappa shape index (κ2) is 9.78. The number of methoxy groups -OCH3 is 1. The van der Waals surface area contributed by atoms with Crippen molar-refractivity contribution in [2.45, 2.75) is 13.3 Å². The Balaban J connectivity index is 1.95. The molecule has 0 saturated heterocycles. The first-order valence-electron chi connectivity index (χ1n) is 9.41. The Hall–Kier alpha value is -3.55. The van der Waals surface area contributed by atoms with E-state index in [2.05, 4.69) is 5.32 Å². The van der Waals surface area contributed by atoms with E-state index in [0.717, 1.165) is 22.3 Å². The molecule has 0 aliphatic heterocycles. The monoisotopic (exact) mass is 416 g/mol. The molecule has 0 radical (unpaired) electrons. The summed E-state index contributed by atoms with van der Waals surface area (Å²) >= 11 is 6.33. The lowest BCUT2D eigenvalue weighted by Crippen LogP contribution is -2.14. The van der Waals surface area contributed by atoms with E-state index in [1.165, 1.54) is 0 Å². The van der Waals surface area contributed by atoms with Gasteiger partial charge >= 0.3 is 0 Å². The minimum Gasteiger partial charge on any atom is -0.497 e. The summed E-state index contributed by atoms with van der Waals surface area (Å²) in [4.78, 5) is 12.7. The average Bonchev–Trinajstić information content (AvgIpc) is 2.75. The molecule has 5 heteroatoms. The van der Waals surface area contributed by atoms with Crippen molar-refractivity contribution in [1.29, 1.82) is 5.26 Å². The summed E-state index contributed by atoms with van der Waals surface area (Å²) in [6.45, 7) is 1.90. The maximum atomic E-state index is 12.7. The van der Waals surface area contributed by atoms with Crippen LogP contribution in [0, 0.1) is 18.3 Å². The smallest absolute Gasteiger partial charge is 0.266 e. The Labute approximate surface area is 181 Å². The molecule has 3 aromatic rings. The highest BCUT2D eigenvalue weighted by molar-refractivity contribution is 6.31. The van der Waals surface area contributed by atoms with Gasteiger partial charge in [-0.3, -0.25) is 4.79 Å². The van der Waals surface area contributed by atoms with Crippen LogP contribution in [0.15, 0.2) is 72.3 Å². The molecule has 0 unspecified atom stereocenters. The summed E-state index contributed by atoms with van der Waals surface area (Å²) in [5.74, 6) is 0.239. The maximum Gasteiger partial charge on any atom is 0.266 e. The second-order valence-electron chi connectivity index (χ2n) is 6.77. The van der Waals surface area contributed by atoms with Gasteiger partial charge in [0.25, 0.3) is 5.91 Å². The van der Waals surface area contributed by atoms with E-state index < -0.39 is 5.91 Å². The molecule has 3 aromatic carbocycles. The fraction of sp³-hybridized carbons (Fsp3) is 0.120. The maximum absolute atomic E-state index is 12.7. The lowest BCUT2D eigenvalue weighted by molar-refractivity contribution is -0.112. The van der Waals surface area contributed by atoms with Crippen LogP contribution in [-0.2, 0) is 11.2 Å². The number of nitriles is 1. The van der Waals surface area contributed by atoms with E-state index >= 15 is 0 Å². The van der Waals surface area contributed by atoms with Crippen molar-refractivity contribution >= 4 is 29.3 Å². The van der Waals surface area contributed by atoms with Gasteiger partial charge in [-0.15, -0.1) is 0 Å². The van der Waals surface area contributed by atoms with Gasteiger partial charge in [0.2, 0.25) is 0 Å². The number of carbonyl (C=O) groups is 1. The normalized spacial score (nSPS) is 10.9. The minimum absolute atomic E-state index is 0.0174. The second-order valence-corrected chi connectivity index (χ2v) is 7.18. The van der Waals surface area contributed by atoms with Crippen LogP contribution in [0.25, 0.3) is 6.08 Å². The Morgan fingerprint density at radius 2 is 1.83 bits per heavy atom. The summed E-state index contributed by atoms with van der Waals surface area (Å²) in [7, 11) is 1.60. The fourth-order valence-electron chi connectivity index (χ4n) is 3.06. The zero-order valence-electron chi connectivity index (χ0n) is 16.8. The first-order chi connectivity index (χ1) is 14.5. The molecule has 0 spiro atoms. The van der Waals surface area contributed by atoms with Crippen molar-refractivity contribution in [2.24, 2.45) is 0 Å². The first kappa shape index (κ1) is 21.2. The third kappa shape index (κ3) is 5.08. The number of anilines is 1. The molecule has 0 fully saturated rings. The minimum atomic E-state index is -0.452. The molecule has 30 heavy (non-hydrogen) atoms. The van der Waals surface area contributed by atoms with Crippen molar-refractivity contribution in [2.75, 3.05) is 12.4 Å². The van der Waals surface area contributed by atoms with Gasteiger partial charge in [0.1, 0.15) is 17.4 Å². The van der Waals surface area contributed by atoms with Crippen molar-refractivity contribution < 1.29 is 9.53 Å². The number of halogens is 1. The molecule has 0 atom stereocenters. The highest BCUT2D eigenvalue weighted by atomic mass is 35.5. The quantitative estimate of drug-likeness (QED) is 0.408. The fourth-order valence-corrected chi connectivity index (χ4v) is 3.26. The molecule has 0 aliphatic rings. The highest BCUT2D eigenvalue weighted by Crippen LogP contribution is 2.26. The summed E-state index contributed by atoms with van der Waals surface area (Å²) in [6, 6.07) is 22.6. The molecule has 1 N–H and O–H groups in total. The summed E-state index contributed by atoms with van der Waals surface area (Å²) in [5, 5.41) is 13.1. The van der Waals surface area contributed by atoms with E-state index in [9.17, 15) is 10.1 Å². The number of aryl methyl sites for hydroxylation is 1. The lowest BCUT2D eigenvalue weighted by atomic mass is 9.97. The zero-order valence-corrected chi connectivity index (χ0v) is 17.5. The molecule has 1 amide bonds. The lowest BCUT2D eigenvalue weighted by Gasteiger charge is -2.11. The molecular weight excluding hydrogens is 396 g/mol. The largest absolute Gasteiger partial charge is 0.497 e. The van der Waals surface area contributed by atoms with Crippen molar-refractivity contribution in [1.82, 2.24) is 0 Å². The number of amides is 1. The Morgan fingerprint density at radius 3 is 2.53 bits per heavy atom. The van der Waals surface area contributed by atoms with Crippen molar-refractivity contribution in [3.63, 3.8) is 0 Å². The van der Waals surface area contributed by atoms with E-state index in [-0.39, 0.29) is 5.57 Å². The van der Waals surface area contributed by atoms with Crippen LogP contribution >= 0.6 is 11.6 Å². The van der Waals surface area contributed by atoms with Crippen LogP contribution in [0.5, 0.6) is 5.75 Å². The average molecular weight is 417 g/mol. The SMILES string of the molecule is COc1ccc(/C=C(\C#N)C(=O)Nc2ccccc2C)c(Cc2ccccc2Cl)c1. The van der Waals surface area contributed by atoms with Crippen LogP contribution in [-0.4, -0.2) is 13.0 Å². The van der Waals surface area contributed by atoms with Gasteiger partial charge in [0, 0.05) is 10.7 Å². The van der Waals surface area contributed by atoms with Crippen molar-refractivity contribution in [3.05, 3.63) is 99.6 Å². The molecule has 0 aromatic heterocycles. The van der Waals surface area contributed by atoms with Gasteiger partial charge in [-0.25, -0.2) is 0 Å². The number of hydrogen-bond donors (Lipinski definition) is 1. The topological polar surface area (TPSA) is 62.1 Å². The molecule has 0 heterocycles. The van der Waals surface area contributed by atoms with Gasteiger partial charge in [-0.05, 0) is 65.9 Å². The first-order valence-corrected chi connectivity index (χ1v) is 9.78. The summed E-state index contributed by atoms with van der Waals surface area (Å²) in [5.41, 5.74) is 4.22. The van der Waals surface area contributed by atoms with Gasteiger partial charge in [0.15, 0.2) is 0 Å². The number of benzene rings is 3. The van der Waals surface area contributed by atoms with Crippen LogP contribution in [0.4, 0.5) is 5.69 Å². The van der Waals surface area contributed by atoms with Crippen molar-refractivity contribution in [3.8, 4) is 11.8 Å². The van der Waals surface area contributed by atoms with E-state index in [0.29, 0.717) is 22.9 Å². The van der Waals surface area contributed by atoms with Crippen LogP contribution in [0.3, 0.4) is 0 Å². The van der Waals surface area contributed by atoms with E-state index in [4.69, 9.17) is 16.3 Å². The molecule has 3 rings (SSSR count). The number of hydrogen-bond acceptors (Lipinski definition) is 3. The molecule has 0 saturated carbocycles.